The van der Waals surface area contributed by atoms with Crippen molar-refractivity contribution >= 4 is 15.8 Å². The second kappa shape index (κ2) is 6.66. The van der Waals surface area contributed by atoms with Crippen LogP contribution in [0.4, 0.5) is 5.82 Å². The summed E-state index contributed by atoms with van der Waals surface area (Å²) in [4.78, 5) is 2.94. The molecule has 0 aliphatic carbocycles. The van der Waals surface area contributed by atoms with Crippen LogP contribution in [0.15, 0.2) is 53.6 Å². The number of para-hydroxylation sites is 1. The lowest BCUT2D eigenvalue weighted by atomic mass is 10.2. The van der Waals surface area contributed by atoms with Gasteiger partial charge in [-0.05, 0) is 32.0 Å². The van der Waals surface area contributed by atoms with Gasteiger partial charge in [0, 0.05) is 17.3 Å². The number of aryl methyl sites for hydroxylation is 1. The van der Waals surface area contributed by atoms with Gasteiger partial charge in [-0.3, -0.25) is 5.32 Å². The van der Waals surface area contributed by atoms with Crippen molar-refractivity contribution in [1.29, 1.82) is 0 Å². The van der Waals surface area contributed by atoms with E-state index in [1.165, 1.54) is 12.3 Å². The van der Waals surface area contributed by atoms with E-state index in [1.54, 1.807) is 6.07 Å². The first-order chi connectivity index (χ1) is 11.9. The van der Waals surface area contributed by atoms with Crippen LogP contribution in [0.5, 0.6) is 0 Å². The Bertz CT molecular complexity index is 980. The van der Waals surface area contributed by atoms with Crippen molar-refractivity contribution < 1.29 is 13.4 Å². The molecule has 1 aromatic carbocycles. The predicted molar refractivity (Wildman–Crippen MR) is 94.7 cm³/mol. The van der Waals surface area contributed by atoms with Crippen molar-refractivity contribution in [3.05, 3.63) is 65.6 Å². The molecule has 130 valence electrons. The number of rotatable bonds is 5. The third-order valence-electron chi connectivity index (χ3n) is 4.01. The number of aromatic amines is 1. The van der Waals surface area contributed by atoms with E-state index in [2.05, 4.69) is 15.4 Å². The fourth-order valence-corrected chi connectivity index (χ4v) is 3.11. The minimum Gasteiger partial charge on any atom is -0.270 e. The summed E-state index contributed by atoms with van der Waals surface area (Å²) in [7, 11) is -3.70. The summed E-state index contributed by atoms with van der Waals surface area (Å²) in [5.74, 6) is 0.693. The summed E-state index contributed by atoms with van der Waals surface area (Å²) >= 11 is 0. The quantitative estimate of drug-likeness (QED) is 0.722. The molecule has 8 heteroatoms. The van der Waals surface area contributed by atoms with Crippen LogP contribution in [0, 0.1) is 13.8 Å². The summed E-state index contributed by atoms with van der Waals surface area (Å²) in [5, 5.41) is 12.9. The zero-order valence-corrected chi connectivity index (χ0v) is 14.8. The average Bonchev–Trinajstić information content (AvgIpc) is 2.88. The Hall–Kier alpha value is -2.71. The normalized spacial score (nSPS) is 11.5. The van der Waals surface area contributed by atoms with Gasteiger partial charge in [-0.15, -0.1) is 0 Å². The fraction of sp³-hybridized carbons (Fsp3) is 0.176. The lowest BCUT2D eigenvalue weighted by Gasteiger charge is -2.05. The van der Waals surface area contributed by atoms with Gasteiger partial charge in [-0.2, -0.15) is 5.10 Å². The number of nitrogens with one attached hydrogen (secondary N) is 2. The first-order valence-corrected chi connectivity index (χ1v) is 9.30. The minimum absolute atomic E-state index is 0.0438. The van der Waals surface area contributed by atoms with Gasteiger partial charge in [-0.25, -0.2) is 23.2 Å². The van der Waals surface area contributed by atoms with Crippen LogP contribution in [0.2, 0.25) is 0 Å². The zero-order chi connectivity index (χ0) is 18.0. The first kappa shape index (κ1) is 17.1. The molecular weight excluding hydrogens is 338 g/mol. The molecular formula is C17H20N5O2S+. The largest absolute Gasteiger partial charge is 0.272 e. The summed E-state index contributed by atoms with van der Waals surface area (Å²) in [5.41, 5.74) is 4.10. The smallest absolute Gasteiger partial charge is 0.270 e. The topological polar surface area (TPSA) is 104 Å². The van der Waals surface area contributed by atoms with Gasteiger partial charge in [0.15, 0.2) is 0 Å². The summed E-state index contributed by atoms with van der Waals surface area (Å²) in [6, 6.07) is 13.1. The molecule has 2 heterocycles. The molecule has 2 aromatic heterocycles. The maximum absolute atomic E-state index is 11.3. The SMILES string of the molecule is Cc1nn(-c2ccccc2)c(C)c1CNc1ccc(S(N)(=O)=O)c[nH+]1. The minimum atomic E-state index is -3.70. The maximum Gasteiger partial charge on any atom is 0.272 e. The molecule has 4 N–H and O–H groups in total. The number of pyridine rings is 1. The lowest BCUT2D eigenvalue weighted by molar-refractivity contribution is -0.364. The zero-order valence-electron chi connectivity index (χ0n) is 14.0. The van der Waals surface area contributed by atoms with Crippen molar-refractivity contribution in [2.75, 3.05) is 5.32 Å². The van der Waals surface area contributed by atoms with E-state index in [1.807, 2.05) is 48.9 Å². The summed E-state index contributed by atoms with van der Waals surface area (Å²) < 4.78 is 24.5. The molecule has 0 aliphatic rings. The fourth-order valence-electron chi connectivity index (χ4n) is 2.63. The number of sulfonamides is 1. The maximum atomic E-state index is 11.3. The number of aromatic nitrogens is 3. The third-order valence-corrected chi connectivity index (χ3v) is 4.92. The standard InChI is InChI=1S/C17H19N5O2S/c1-12-16(13(2)22(21-12)14-6-4-3-5-7-14)11-20-17-9-8-15(10-19-17)25(18,23)24/h3-10H,11H2,1-2H3,(H,19,20)(H2,18,23,24)/p+1. The van der Waals surface area contributed by atoms with E-state index >= 15 is 0 Å². The lowest BCUT2D eigenvalue weighted by Crippen LogP contribution is -2.18. The summed E-state index contributed by atoms with van der Waals surface area (Å²) in [6.07, 6.45) is 1.37. The second-order valence-electron chi connectivity index (χ2n) is 5.73. The van der Waals surface area contributed by atoms with Gasteiger partial charge in [0.25, 0.3) is 5.82 Å². The second-order valence-corrected chi connectivity index (χ2v) is 7.29. The monoisotopic (exact) mass is 358 g/mol. The van der Waals surface area contributed by atoms with Gasteiger partial charge < -0.3 is 0 Å². The van der Waals surface area contributed by atoms with Crippen molar-refractivity contribution in [2.24, 2.45) is 5.14 Å². The van der Waals surface area contributed by atoms with Crippen LogP contribution in [-0.4, -0.2) is 18.2 Å². The van der Waals surface area contributed by atoms with Crippen LogP contribution in [0.1, 0.15) is 17.0 Å². The number of primary sulfonamides is 1. The van der Waals surface area contributed by atoms with Crippen LogP contribution in [0.25, 0.3) is 5.69 Å². The molecule has 0 amide bonds. The molecule has 0 fully saturated rings. The Morgan fingerprint density at radius 1 is 1.16 bits per heavy atom. The van der Waals surface area contributed by atoms with E-state index in [4.69, 9.17) is 5.14 Å². The van der Waals surface area contributed by atoms with E-state index in [-0.39, 0.29) is 4.90 Å². The van der Waals surface area contributed by atoms with Gasteiger partial charge in [0.05, 0.1) is 11.4 Å². The average molecular weight is 358 g/mol. The predicted octanol–water partition coefficient (Wildman–Crippen LogP) is 1.56. The molecule has 0 unspecified atom stereocenters. The van der Waals surface area contributed by atoms with Gasteiger partial charge in [0.2, 0.25) is 10.0 Å². The molecule has 3 rings (SSSR count). The first-order valence-electron chi connectivity index (χ1n) is 7.75. The molecule has 0 aliphatic heterocycles. The number of nitrogens with zero attached hydrogens (tertiary/aromatic N) is 2. The number of hydrogen-bond donors (Lipinski definition) is 2. The van der Waals surface area contributed by atoms with E-state index in [0.717, 1.165) is 22.6 Å². The number of hydrogen-bond acceptors (Lipinski definition) is 4. The number of nitrogens with two attached hydrogens (primary N) is 1. The van der Waals surface area contributed by atoms with Crippen LogP contribution >= 0.6 is 0 Å². The Balaban J connectivity index is 1.79. The van der Waals surface area contributed by atoms with Crippen molar-refractivity contribution in [1.82, 2.24) is 9.78 Å². The number of benzene rings is 1. The van der Waals surface area contributed by atoms with Crippen molar-refractivity contribution in [3.8, 4) is 5.69 Å². The Morgan fingerprint density at radius 3 is 2.48 bits per heavy atom. The Labute approximate surface area is 146 Å². The molecule has 0 radical (unpaired) electrons. The highest BCUT2D eigenvalue weighted by Crippen LogP contribution is 2.18. The highest BCUT2D eigenvalue weighted by atomic mass is 32.2. The van der Waals surface area contributed by atoms with Crippen LogP contribution < -0.4 is 15.4 Å². The van der Waals surface area contributed by atoms with Crippen LogP contribution in [-0.2, 0) is 16.6 Å². The number of anilines is 1. The molecule has 0 saturated carbocycles. The molecule has 0 spiro atoms. The highest BCUT2D eigenvalue weighted by Gasteiger charge is 2.15. The van der Waals surface area contributed by atoms with Crippen LogP contribution in [0.3, 0.4) is 0 Å². The number of H-pyrrole nitrogens is 1. The Kier molecular flexibility index (Phi) is 4.56. The molecule has 0 bridgehead atoms. The third kappa shape index (κ3) is 3.70. The van der Waals surface area contributed by atoms with Gasteiger partial charge in [0.1, 0.15) is 17.6 Å². The molecule has 7 nitrogen and oxygen atoms in total. The molecule has 3 aromatic rings. The van der Waals surface area contributed by atoms with E-state index in [9.17, 15) is 8.42 Å². The highest BCUT2D eigenvalue weighted by molar-refractivity contribution is 7.89. The molecule has 0 saturated heterocycles. The van der Waals surface area contributed by atoms with Crippen molar-refractivity contribution in [2.45, 2.75) is 25.3 Å². The van der Waals surface area contributed by atoms with Gasteiger partial charge >= 0.3 is 0 Å². The molecule has 0 atom stereocenters. The van der Waals surface area contributed by atoms with E-state index in [0.29, 0.717) is 12.4 Å². The van der Waals surface area contributed by atoms with Crippen molar-refractivity contribution in [3.63, 3.8) is 0 Å². The Morgan fingerprint density at radius 2 is 1.88 bits per heavy atom. The van der Waals surface area contributed by atoms with E-state index < -0.39 is 10.0 Å². The summed E-state index contributed by atoms with van der Waals surface area (Å²) in [6.45, 7) is 4.56. The van der Waals surface area contributed by atoms with Gasteiger partial charge in [-0.1, -0.05) is 18.2 Å². The molecule has 25 heavy (non-hydrogen) atoms.